The van der Waals surface area contributed by atoms with Crippen LogP contribution in [-0.4, -0.2) is 19.5 Å². The third kappa shape index (κ3) is 5.98. The number of nitrogens with zero attached hydrogens (tertiary/aromatic N) is 4. The van der Waals surface area contributed by atoms with Crippen molar-refractivity contribution in [1.29, 1.82) is 0 Å². The van der Waals surface area contributed by atoms with Crippen LogP contribution in [0.2, 0.25) is 0 Å². The summed E-state index contributed by atoms with van der Waals surface area (Å²) in [6, 6.07) is 77.0. The summed E-state index contributed by atoms with van der Waals surface area (Å²) < 4.78 is 9.03. The van der Waals surface area contributed by atoms with Crippen LogP contribution in [-0.2, 0) is 0 Å². The van der Waals surface area contributed by atoms with Crippen molar-refractivity contribution in [1.82, 2.24) is 19.5 Å². The normalized spacial score (nSPS) is 11.8. The molecule has 0 N–H and O–H groups in total. The Morgan fingerprint density at radius 1 is 0.312 bits per heavy atom. The molecule has 3 heterocycles. The highest BCUT2D eigenvalue weighted by atomic mass is 16.3. The van der Waals surface area contributed by atoms with E-state index in [4.69, 9.17) is 19.4 Å². The SMILES string of the molecule is c1ccc(-c2ccc(-c3nc(-c4ccc5ccccc5c4)nc(-c4cccc5oc6ccc(-n7c8ccc(-c9ccccc9)cc8c8cc9ccccc9cc87)cc6c45)n3)cc2)cc1. The average Bonchev–Trinajstić information content (AvgIpc) is 3.90. The Kier molecular flexibility index (Phi) is 8.15. The molecule has 0 unspecified atom stereocenters. The Bertz CT molecular complexity index is 3940. The molecule has 0 aliphatic heterocycles. The minimum Gasteiger partial charge on any atom is -0.456 e. The number of fused-ring (bicyclic) bond motifs is 8. The summed E-state index contributed by atoms with van der Waals surface area (Å²) in [7, 11) is 0. The predicted molar refractivity (Wildman–Crippen MR) is 264 cm³/mol. The molecule has 3 aromatic heterocycles. The first-order valence-corrected chi connectivity index (χ1v) is 21.6. The molecule has 0 aliphatic carbocycles. The van der Waals surface area contributed by atoms with Gasteiger partial charge in [-0.1, -0.05) is 164 Å². The Morgan fingerprint density at radius 3 is 1.66 bits per heavy atom. The van der Waals surface area contributed by atoms with E-state index in [1.165, 1.54) is 32.7 Å². The van der Waals surface area contributed by atoms with E-state index >= 15 is 0 Å². The van der Waals surface area contributed by atoms with E-state index in [0.29, 0.717) is 17.5 Å². The van der Waals surface area contributed by atoms with Crippen molar-refractivity contribution in [2.45, 2.75) is 0 Å². The first-order chi connectivity index (χ1) is 31.7. The smallest absolute Gasteiger partial charge is 0.164 e. The largest absolute Gasteiger partial charge is 0.456 e. The lowest BCUT2D eigenvalue weighted by Gasteiger charge is -2.11. The predicted octanol–water partition coefficient (Wildman–Crippen LogP) is 15.5. The maximum Gasteiger partial charge on any atom is 0.164 e. The molecule has 298 valence electrons. The fraction of sp³-hybridized carbons (Fsp3) is 0. The third-order valence-electron chi connectivity index (χ3n) is 12.6. The highest BCUT2D eigenvalue weighted by molar-refractivity contribution is 6.16. The van der Waals surface area contributed by atoms with Crippen LogP contribution in [0.4, 0.5) is 0 Å². The summed E-state index contributed by atoms with van der Waals surface area (Å²) in [5.41, 5.74) is 12.3. The number of aromatic nitrogens is 4. The number of hydrogen-bond acceptors (Lipinski definition) is 4. The molecule has 5 heteroatoms. The van der Waals surface area contributed by atoms with Gasteiger partial charge in [0, 0.05) is 43.9 Å². The molecule has 10 aromatic carbocycles. The second-order valence-corrected chi connectivity index (χ2v) is 16.4. The van der Waals surface area contributed by atoms with Crippen LogP contribution in [0.3, 0.4) is 0 Å². The molecule has 0 saturated carbocycles. The monoisotopic (exact) mass is 816 g/mol. The van der Waals surface area contributed by atoms with Crippen molar-refractivity contribution in [3.63, 3.8) is 0 Å². The van der Waals surface area contributed by atoms with Crippen molar-refractivity contribution in [2.24, 2.45) is 0 Å². The van der Waals surface area contributed by atoms with Gasteiger partial charge in [0.15, 0.2) is 17.5 Å². The summed E-state index contributed by atoms with van der Waals surface area (Å²) in [4.78, 5) is 15.6. The van der Waals surface area contributed by atoms with Crippen LogP contribution in [0, 0.1) is 0 Å². The quantitative estimate of drug-likeness (QED) is 0.168. The molecular formula is C59H36N4O. The van der Waals surface area contributed by atoms with Crippen LogP contribution in [0.15, 0.2) is 223 Å². The first-order valence-electron chi connectivity index (χ1n) is 21.6. The van der Waals surface area contributed by atoms with Crippen molar-refractivity contribution < 1.29 is 4.42 Å². The number of furan rings is 1. The van der Waals surface area contributed by atoms with Crippen LogP contribution in [0.1, 0.15) is 0 Å². The summed E-state index contributed by atoms with van der Waals surface area (Å²) in [5.74, 6) is 1.79. The van der Waals surface area contributed by atoms with E-state index in [2.05, 4.69) is 205 Å². The second kappa shape index (κ2) is 14.5. The van der Waals surface area contributed by atoms with Gasteiger partial charge >= 0.3 is 0 Å². The first kappa shape index (κ1) is 36.0. The van der Waals surface area contributed by atoms with E-state index in [-0.39, 0.29) is 0 Å². The van der Waals surface area contributed by atoms with E-state index in [0.717, 1.165) is 77.2 Å². The van der Waals surface area contributed by atoms with Gasteiger partial charge in [-0.15, -0.1) is 0 Å². The lowest BCUT2D eigenvalue weighted by molar-refractivity contribution is 0.669. The van der Waals surface area contributed by atoms with E-state index < -0.39 is 0 Å². The zero-order chi connectivity index (χ0) is 42.1. The fourth-order valence-electron chi connectivity index (χ4n) is 9.46. The third-order valence-corrected chi connectivity index (χ3v) is 12.6. The lowest BCUT2D eigenvalue weighted by atomic mass is 10.0. The van der Waals surface area contributed by atoms with E-state index in [1.807, 2.05) is 18.2 Å². The highest BCUT2D eigenvalue weighted by Gasteiger charge is 2.21. The molecular weight excluding hydrogens is 781 g/mol. The standard InChI is InChI=1S/C59H36N4O/c1-3-12-37(13-4-1)40-22-25-41(26-23-40)57-60-58(46-27-24-39-16-7-8-17-42(39)32-46)62-59(61-57)48-20-11-21-55-56(48)51-36-47(29-31-54(51)64-55)63-52-30-28-45(38-14-5-2-6-15-38)34-49(52)50-33-43-18-9-10-19-44(43)35-53(50)63/h1-36H. The van der Waals surface area contributed by atoms with E-state index in [9.17, 15) is 0 Å². The van der Waals surface area contributed by atoms with Gasteiger partial charge in [0.2, 0.25) is 0 Å². The van der Waals surface area contributed by atoms with Gasteiger partial charge in [-0.25, -0.2) is 15.0 Å². The van der Waals surface area contributed by atoms with Gasteiger partial charge in [0.25, 0.3) is 0 Å². The molecule has 13 aromatic rings. The molecule has 0 bridgehead atoms. The molecule has 0 atom stereocenters. The van der Waals surface area contributed by atoms with Crippen LogP contribution in [0.25, 0.3) is 127 Å². The summed E-state index contributed by atoms with van der Waals surface area (Å²) in [5, 5.41) is 9.06. The van der Waals surface area contributed by atoms with Gasteiger partial charge in [-0.3, -0.25) is 0 Å². The molecule has 5 nitrogen and oxygen atoms in total. The molecule has 0 spiro atoms. The highest BCUT2D eigenvalue weighted by Crippen LogP contribution is 2.41. The minimum absolute atomic E-state index is 0.579. The number of rotatable bonds is 6. The average molecular weight is 817 g/mol. The Balaban J connectivity index is 1.02. The Morgan fingerprint density at radius 2 is 0.891 bits per heavy atom. The maximum atomic E-state index is 6.64. The van der Waals surface area contributed by atoms with Crippen molar-refractivity contribution >= 4 is 65.3 Å². The molecule has 0 radical (unpaired) electrons. The van der Waals surface area contributed by atoms with Crippen LogP contribution in [0.5, 0.6) is 0 Å². The topological polar surface area (TPSA) is 56.7 Å². The molecule has 0 aliphatic rings. The lowest BCUT2D eigenvalue weighted by Crippen LogP contribution is -2.00. The zero-order valence-electron chi connectivity index (χ0n) is 34.5. The Hall–Kier alpha value is -8.67. The summed E-state index contributed by atoms with van der Waals surface area (Å²) in [6.45, 7) is 0. The number of hydrogen-bond donors (Lipinski definition) is 0. The van der Waals surface area contributed by atoms with Crippen molar-refractivity contribution in [3.8, 4) is 62.1 Å². The van der Waals surface area contributed by atoms with E-state index in [1.54, 1.807) is 0 Å². The second-order valence-electron chi connectivity index (χ2n) is 16.4. The molecule has 64 heavy (non-hydrogen) atoms. The van der Waals surface area contributed by atoms with Crippen molar-refractivity contribution in [3.05, 3.63) is 218 Å². The Labute approximate surface area is 368 Å². The van der Waals surface area contributed by atoms with Crippen LogP contribution >= 0.6 is 0 Å². The van der Waals surface area contributed by atoms with Gasteiger partial charge in [-0.2, -0.15) is 0 Å². The molecule has 13 rings (SSSR count). The summed E-state index contributed by atoms with van der Waals surface area (Å²) >= 11 is 0. The molecule has 0 fully saturated rings. The number of benzene rings is 10. The van der Waals surface area contributed by atoms with Gasteiger partial charge in [0.1, 0.15) is 11.2 Å². The van der Waals surface area contributed by atoms with Crippen molar-refractivity contribution in [2.75, 3.05) is 0 Å². The minimum atomic E-state index is 0.579. The van der Waals surface area contributed by atoms with Crippen LogP contribution < -0.4 is 0 Å². The summed E-state index contributed by atoms with van der Waals surface area (Å²) in [6.07, 6.45) is 0. The maximum absolute atomic E-state index is 6.64. The zero-order valence-corrected chi connectivity index (χ0v) is 34.5. The van der Waals surface area contributed by atoms with Gasteiger partial charge in [0.05, 0.1) is 11.0 Å². The molecule has 0 amide bonds. The van der Waals surface area contributed by atoms with Gasteiger partial charge < -0.3 is 8.98 Å². The fourth-order valence-corrected chi connectivity index (χ4v) is 9.46. The molecule has 0 saturated heterocycles. The van der Waals surface area contributed by atoms with Gasteiger partial charge in [-0.05, 0) is 98.4 Å².